The van der Waals surface area contributed by atoms with Crippen LogP contribution in [0.3, 0.4) is 0 Å². The molecular formula is C17H29N3O. The first-order valence-electron chi connectivity index (χ1n) is 8.21. The van der Waals surface area contributed by atoms with Crippen LogP contribution in [0.4, 0.5) is 0 Å². The van der Waals surface area contributed by atoms with Crippen molar-refractivity contribution in [1.29, 1.82) is 0 Å². The minimum absolute atomic E-state index is 0.289. The van der Waals surface area contributed by atoms with Gasteiger partial charge in [0, 0.05) is 12.7 Å². The summed E-state index contributed by atoms with van der Waals surface area (Å²) in [5.41, 5.74) is 0.949. The van der Waals surface area contributed by atoms with Gasteiger partial charge in [-0.3, -0.25) is 4.98 Å². The molecule has 1 aromatic rings. The Kier molecular flexibility index (Phi) is 5.97. The van der Waals surface area contributed by atoms with Crippen LogP contribution in [0.1, 0.15) is 52.7 Å². The van der Waals surface area contributed by atoms with Crippen LogP contribution in [-0.4, -0.2) is 22.6 Å². The van der Waals surface area contributed by atoms with E-state index in [0.717, 1.165) is 43.5 Å². The van der Waals surface area contributed by atoms with Crippen LogP contribution in [0.5, 0.6) is 5.88 Å². The summed E-state index contributed by atoms with van der Waals surface area (Å²) in [4.78, 5) is 8.82. The van der Waals surface area contributed by atoms with E-state index in [9.17, 15) is 0 Å². The van der Waals surface area contributed by atoms with Crippen molar-refractivity contribution in [3.05, 3.63) is 18.1 Å². The van der Waals surface area contributed by atoms with Gasteiger partial charge in [0.15, 0.2) is 0 Å². The third-order valence-corrected chi connectivity index (χ3v) is 3.94. The lowest BCUT2D eigenvalue weighted by Crippen LogP contribution is -2.29. The van der Waals surface area contributed by atoms with Gasteiger partial charge in [-0.15, -0.1) is 0 Å². The highest BCUT2D eigenvalue weighted by molar-refractivity contribution is 5.09. The van der Waals surface area contributed by atoms with Gasteiger partial charge in [-0.2, -0.15) is 0 Å². The third-order valence-electron chi connectivity index (χ3n) is 3.94. The average Bonchev–Trinajstić information content (AvgIpc) is 2.37. The molecule has 1 aromatic heterocycles. The first kappa shape index (κ1) is 16.2. The van der Waals surface area contributed by atoms with Crippen molar-refractivity contribution < 1.29 is 4.74 Å². The Labute approximate surface area is 128 Å². The molecule has 1 fully saturated rings. The summed E-state index contributed by atoms with van der Waals surface area (Å²) >= 11 is 0. The van der Waals surface area contributed by atoms with Gasteiger partial charge in [-0.25, -0.2) is 4.98 Å². The molecule has 118 valence electrons. The fourth-order valence-electron chi connectivity index (χ4n) is 3.16. The molecule has 2 atom stereocenters. The molecule has 4 heteroatoms. The quantitative estimate of drug-likeness (QED) is 0.872. The molecule has 1 heterocycles. The lowest BCUT2D eigenvalue weighted by Gasteiger charge is -2.31. The van der Waals surface area contributed by atoms with Crippen LogP contribution in [-0.2, 0) is 6.54 Å². The minimum atomic E-state index is 0.289. The molecule has 0 amide bonds. The van der Waals surface area contributed by atoms with Crippen LogP contribution in [0.25, 0.3) is 0 Å². The molecule has 0 bridgehead atoms. The number of nitrogens with one attached hydrogen (secondary N) is 1. The molecule has 21 heavy (non-hydrogen) atoms. The summed E-state index contributed by atoms with van der Waals surface area (Å²) < 4.78 is 6.06. The summed E-state index contributed by atoms with van der Waals surface area (Å²) in [6.07, 6.45) is 7.40. The maximum Gasteiger partial charge on any atom is 0.232 e. The molecule has 1 aliphatic carbocycles. The topological polar surface area (TPSA) is 47.0 Å². The van der Waals surface area contributed by atoms with Crippen molar-refractivity contribution in [2.45, 2.75) is 59.6 Å². The molecule has 0 saturated heterocycles. The molecule has 0 aliphatic heterocycles. The second-order valence-electron chi connectivity index (χ2n) is 7.03. The Balaban J connectivity index is 1.88. The molecule has 1 saturated carbocycles. The zero-order valence-corrected chi connectivity index (χ0v) is 13.8. The molecule has 0 radical (unpaired) electrons. The summed E-state index contributed by atoms with van der Waals surface area (Å²) in [6, 6.07) is 0. The highest BCUT2D eigenvalue weighted by Gasteiger charge is 2.25. The zero-order chi connectivity index (χ0) is 15.2. The first-order chi connectivity index (χ1) is 10.0. The molecule has 2 unspecified atom stereocenters. The van der Waals surface area contributed by atoms with E-state index in [4.69, 9.17) is 4.74 Å². The summed E-state index contributed by atoms with van der Waals surface area (Å²) in [6.45, 7) is 10.8. The number of hydrogen-bond donors (Lipinski definition) is 1. The maximum absolute atomic E-state index is 6.06. The molecule has 4 nitrogen and oxygen atoms in total. The average molecular weight is 291 g/mol. The Morgan fingerprint density at radius 1 is 1.19 bits per heavy atom. The van der Waals surface area contributed by atoms with Gasteiger partial charge < -0.3 is 10.1 Å². The first-order valence-corrected chi connectivity index (χ1v) is 8.21. The molecule has 2 rings (SSSR count). The smallest absolute Gasteiger partial charge is 0.232 e. The fraction of sp³-hybridized carbons (Fsp3) is 0.765. The van der Waals surface area contributed by atoms with Gasteiger partial charge in [0.1, 0.15) is 6.10 Å². The van der Waals surface area contributed by atoms with Crippen LogP contribution in [0.2, 0.25) is 0 Å². The van der Waals surface area contributed by atoms with Gasteiger partial charge in [0.05, 0.1) is 11.9 Å². The number of nitrogens with zero attached hydrogens (tertiary/aromatic N) is 2. The van der Waals surface area contributed by atoms with E-state index < -0.39 is 0 Å². The van der Waals surface area contributed by atoms with Crippen LogP contribution >= 0.6 is 0 Å². The number of rotatable bonds is 6. The highest BCUT2D eigenvalue weighted by Crippen LogP contribution is 2.30. The van der Waals surface area contributed by atoms with E-state index in [1.54, 1.807) is 6.20 Å². The van der Waals surface area contributed by atoms with E-state index in [1.807, 2.05) is 6.20 Å². The monoisotopic (exact) mass is 291 g/mol. The summed E-state index contributed by atoms with van der Waals surface area (Å²) in [5.74, 6) is 2.79. The molecular weight excluding hydrogens is 262 g/mol. The molecule has 0 spiro atoms. The van der Waals surface area contributed by atoms with Gasteiger partial charge in [-0.1, -0.05) is 27.7 Å². The predicted molar refractivity (Wildman–Crippen MR) is 85.2 cm³/mol. The lowest BCUT2D eigenvalue weighted by atomic mass is 9.82. The van der Waals surface area contributed by atoms with Crippen LogP contribution in [0.15, 0.2) is 12.4 Å². The summed E-state index contributed by atoms with van der Waals surface area (Å²) in [7, 11) is 0. The Bertz CT molecular complexity index is 426. The van der Waals surface area contributed by atoms with Gasteiger partial charge in [0.25, 0.3) is 0 Å². The van der Waals surface area contributed by atoms with E-state index in [2.05, 4.69) is 43.0 Å². The van der Waals surface area contributed by atoms with E-state index in [0.29, 0.717) is 11.8 Å². The second kappa shape index (κ2) is 7.74. The van der Waals surface area contributed by atoms with E-state index in [-0.39, 0.29) is 6.10 Å². The molecule has 1 aliphatic rings. The SMILES string of the molecule is CC(C)CNCc1cncc(OC2CC(C)CC(C)C2)n1. The fourth-order valence-corrected chi connectivity index (χ4v) is 3.16. The highest BCUT2D eigenvalue weighted by atomic mass is 16.5. The Morgan fingerprint density at radius 2 is 1.90 bits per heavy atom. The summed E-state index contributed by atoms with van der Waals surface area (Å²) in [5, 5.41) is 3.39. The number of hydrogen-bond acceptors (Lipinski definition) is 4. The van der Waals surface area contributed by atoms with Crippen molar-refractivity contribution in [2.75, 3.05) is 6.54 Å². The van der Waals surface area contributed by atoms with Crippen molar-refractivity contribution in [1.82, 2.24) is 15.3 Å². The standard InChI is InChI=1S/C17H29N3O/c1-12(2)8-18-9-15-10-19-11-17(20-15)21-16-6-13(3)5-14(4)7-16/h10-14,16,18H,5-9H2,1-4H3. The second-order valence-corrected chi connectivity index (χ2v) is 7.03. The van der Waals surface area contributed by atoms with Crippen molar-refractivity contribution in [3.63, 3.8) is 0 Å². The molecule has 1 N–H and O–H groups in total. The predicted octanol–water partition coefficient (Wildman–Crippen LogP) is 3.43. The minimum Gasteiger partial charge on any atom is -0.473 e. The largest absolute Gasteiger partial charge is 0.473 e. The molecule has 0 aromatic carbocycles. The van der Waals surface area contributed by atoms with Gasteiger partial charge >= 0.3 is 0 Å². The third kappa shape index (κ3) is 5.62. The number of ether oxygens (including phenoxy) is 1. The Hall–Kier alpha value is -1.16. The van der Waals surface area contributed by atoms with Crippen molar-refractivity contribution >= 4 is 0 Å². The van der Waals surface area contributed by atoms with Crippen LogP contribution < -0.4 is 10.1 Å². The zero-order valence-electron chi connectivity index (χ0n) is 13.8. The van der Waals surface area contributed by atoms with Crippen LogP contribution in [0, 0.1) is 17.8 Å². The maximum atomic E-state index is 6.06. The lowest BCUT2D eigenvalue weighted by molar-refractivity contribution is 0.0960. The van der Waals surface area contributed by atoms with Gasteiger partial charge in [0.2, 0.25) is 5.88 Å². The van der Waals surface area contributed by atoms with Crippen molar-refractivity contribution in [3.8, 4) is 5.88 Å². The Morgan fingerprint density at radius 3 is 2.57 bits per heavy atom. The van der Waals surface area contributed by atoms with Crippen molar-refractivity contribution in [2.24, 2.45) is 17.8 Å². The van der Waals surface area contributed by atoms with E-state index in [1.165, 1.54) is 6.42 Å². The normalized spacial score (nSPS) is 26.0. The van der Waals surface area contributed by atoms with Gasteiger partial charge in [-0.05, 0) is 43.6 Å². The number of aromatic nitrogens is 2. The van der Waals surface area contributed by atoms with E-state index >= 15 is 0 Å².